The van der Waals surface area contributed by atoms with Gasteiger partial charge in [-0.05, 0) is 34.5 Å². The third kappa shape index (κ3) is 2.55. The van der Waals surface area contributed by atoms with Gasteiger partial charge < -0.3 is 4.74 Å². The number of alkyl halides is 1. The number of esters is 1. The Hall–Kier alpha value is -1.05. The molecule has 1 aromatic rings. The zero-order valence-corrected chi connectivity index (χ0v) is 10.9. The molecule has 16 heavy (non-hydrogen) atoms. The second-order valence-electron chi connectivity index (χ2n) is 2.92. The Bertz CT molecular complexity index is 454. The summed E-state index contributed by atoms with van der Waals surface area (Å²) in [6.45, 7) is 1.98. The molecule has 0 unspecified atom stereocenters. The van der Waals surface area contributed by atoms with Crippen molar-refractivity contribution in [1.29, 1.82) is 5.26 Å². The van der Waals surface area contributed by atoms with Gasteiger partial charge in [0.05, 0.1) is 17.7 Å². The number of hydrogen-bond donors (Lipinski definition) is 0. The van der Waals surface area contributed by atoms with Gasteiger partial charge in [-0.2, -0.15) is 5.26 Å². The molecule has 0 atom stereocenters. The lowest BCUT2D eigenvalue weighted by Crippen LogP contribution is -2.09. The van der Waals surface area contributed by atoms with E-state index < -0.39 is 5.97 Å². The molecule has 0 aromatic heterocycles. The van der Waals surface area contributed by atoms with Crippen molar-refractivity contribution in [1.82, 2.24) is 0 Å². The third-order valence-electron chi connectivity index (χ3n) is 1.98. The molecule has 0 N–H and O–H groups in total. The van der Waals surface area contributed by atoms with Crippen molar-refractivity contribution in [2.75, 3.05) is 6.61 Å². The van der Waals surface area contributed by atoms with Crippen molar-refractivity contribution in [3.63, 3.8) is 0 Å². The van der Waals surface area contributed by atoms with Crippen LogP contribution in [0.5, 0.6) is 0 Å². The highest BCUT2D eigenvalue weighted by Crippen LogP contribution is 2.25. The summed E-state index contributed by atoms with van der Waals surface area (Å²) >= 11 is 8.93. The predicted octanol–water partition coefficient (Wildman–Crippen LogP) is 3.24. The molecule has 0 fully saturated rings. The lowest BCUT2D eigenvalue weighted by Gasteiger charge is -2.08. The fourth-order valence-corrected chi connectivity index (χ4v) is 1.98. The van der Waals surface area contributed by atoms with Gasteiger partial charge in [0.15, 0.2) is 0 Å². The molecular weight excluding hydrogens is 293 g/mol. The van der Waals surface area contributed by atoms with Crippen LogP contribution in [0.2, 0.25) is 0 Å². The molecule has 0 radical (unpaired) electrons. The molecule has 0 aliphatic carbocycles. The van der Waals surface area contributed by atoms with Crippen LogP contribution in [0.1, 0.15) is 28.4 Å². The maximum Gasteiger partial charge on any atom is 0.340 e. The van der Waals surface area contributed by atoms with E-state index in [-0.39, 0.29) is 23.6 Å². The topological polar surface area (TPSA) is 50.1 Å². The monoisotopic (exact) mass is 301 g/mol. The molecule has 1 rings (SSSR count). The Morgan fingerprint density at radius 1 is 1.62 bits per heavy atom. The summed E-state index contributed by atoms with van der Waals surface area (Å²) in [6, 6.07) is 5.37. The second kappa shape index (κ2) is 5.88. The zero-order chi connectivity index (χ0) is 12.1. The van der Waals surface area contributed by atoms with Gasteiger partial charge in [-0.3, -0.25) is 0 Å². The average molecular weight is 303 g/mol. The van der Waals surface area contributed by atoms with E-state index in [4.69, 9.17) is 21.6 Å². The first-order valence-corrected chi connectivity index (χ1v) is 5.93. The van der Waals surface area contributed by atoms with Gasteiger partial charge in [0.25, 0.3) is 0 Å². The summed E-state index contributed by atoms with van der Waals surface area (Å²) in [5.41, 5.74) is 1.13. The molecule has 0 bridgehead atoms. The van der Waals surface area contributed by atoms with E-state index in [1.807, 2.05) is 6.07 Å². The number of halogens is 2. The largest absolute Gasteiger partial charge is 0.462 e. The Morgan fingerprint density at radius 2 is 2.31 bits per heavy atom. The highest BCUT2D eigenvalue weighted by Gasteiger charge is 2.19. The minimum absolute atomic E-state index is 0.183. The Balaban J connectivity index is 3.35. The van der Waals surface area contributed by atoms with Gasteiger partial charge in [-0.1, -0.05) is 6.07 Å². The summed E-state index contributed by atoms with van der Waals surface area (Å²) < 4.78 is 5.43. The lowest BCUT2D eigenvalue weighted by atomic mass is 10.0. The molecule has 0 saturated carbocycles. The van der Waals surface area contributed by atoms with Gasteiger partial charge >= 0.3 is 5.97 Å². The number of ether oxygens (including phenoxy) is 1. The van der Waals surface area contributed by atoms with Crippen LogP contribution < -0.4 is 0 Å². The third-order valence-corrected chi connectivity index (χ3v) is 2.92. The molecule has 0 saturated heterocycles. The van der Waals surface area contributed by atoms with Crippen molar-refractivity contribution in [3.8, 4) is 6.07 Å². The minimum Gasteiger partial charge on any atom is -0.462 e. The van der Waals surface area contributed by atoms with E-state index >= 15 is 0 Å². The zero-order valence-electron chi connectivity index (χ0n) is 8.59. The fourth-order valence-electron chi connectivity index (χ4n) is 1.26. The molecule has 3 nitrogen and oxygen atoms in total. The summed E-state index contributed by atoms with van der Waals surface area (Å²) in [5.74, 6) is -0.333. The van der Waals surface area contributed by atoms with Gasteiger partial charge in [-0.25, -0.2) is 4.79 Å². The number of carbonyl (C=O) groups is 1. The highest BCUT2D eigenvalue weighted by molar-refractivity contribution is 9.10. The molecular formula is C11H9BrClNO2. The maximum absolute atomic E-state index is 11.7. The van der Waals surface area contributed by atoms with Crippen LogP contribution in [0.25, 0.3) is 0 Å². The van der Waals surface area contributed by atoms with Crippen molar-refractivity contribution >= 4 is 33.5 Å². The van der Waals surface area contributed by atoms with Crippen molar-refractivity contribution in [2.24, 2.45) is 0 Å². The number of hydrogen-bond acceptors (Lipinski definition) is 3. The first-order valence-electron chi connectivity index (χ1n) is 4.60. The Labute approximate surface area is 107 Å². The second-order valence-corrected chi connectivity index (χ2v) is 4.04. The molecule has 0 aliphatic heterocycles. The van der Waals surface area contributed by atoms with Crippen LogP contribution in [0.4, 0.5) is 0 Å². The Morgan fingerprint density at radius 3 is 2.81 bits per heavy atom. The molecule has 1 aromatic carbocycles. The number of nitriles is 1. The number of carbonyl (C=O) groups excluding carboxylic acids is 1. The quantitative estimate of drug-likeness (QED) is 0.636. The molecule has 0 spiro atoms. The molecule has 0 amide bonds. The highest BCUT2D eigenvalue weighted by atomic mass is 79.9. The van der Waals surface area contributed by atoms with Crippen LogP contribution in [-0.2, 0) is 10.6 Å². The summed E-state index contributed by atoms with van der Waals surface area (Å²) in [7, 11) is 0. The van der Waals surface area contributed by atoms with E-state index in [0.29, 0.717) is 10.0 Å². The summed E-state index contributed by atoms with van der Waals surface area (Å²) in [5, 5.41) is 9.03. The van der Waals surface area contributed by atoms with Gasteiger partial charge in [0, 0.05) is 10.4 Å². The number of benzene rings is 1. The smallest absolute Gasteiger partial charge is 0.340 e. The average Bonchev–Trinajstić information content (AvgIpc) is 2.28. The van der Waals surface area contributed by atoms with Crippen molar-refractivity contribution in [3.05, 3.63) is 33.3 Å². The van der Waals surface area contributed by atoms with Gasteiger partial charge in [0.2, 0.25) is 0 Å². The lowest BCUT2D eigenvalue weighted by molar-refractivity contribution is 0.0525. The first kappa shape index (κ1) is 13.0. The maximum atomic E-state index is 11.7. The van der Waals surface area contributed by atoms with E-state index in [1.165, 1.54) is 0 Å². The number of nitrogens with zero attached hydrogens (tertiary/aromatic N) is 1. The van der Waals surface area contributed by atoms with Crippen LogP contribution in [0.3, 0.4) is 0 Å². The van der Waals surface area contributed by atoms with Crippen LogP contribution in [0, 0.1) is 11.3 Å². The van der Waals surface area contributed by atoms with Gasteiger partial charge in [0.1, 0.15) is 6.07 Å². The predicted molar refractivity (Wildman–Crippen MR) is 64.4 cm³/mol. The Kier molecular flexibility index (Phi) is 4.78. The van der Waals surface area contributed by atoms with E-state index in [9.17, 15) is 4.79 Å². The molecule has 84 valence electrons. The minimum atomic E-state index is -0.516. The van der Waals surface area contributed by atoms with Crippen LogP contribution >= 0.6 is 27.5 Å². The molecule has 5 heteroatoms. The summed E-state index contributed by atoms with van der Waals surface area (Å²) in [6.07, 6.45) is 0. The fraction of sp³-hybridized carbons (Fsp3) is 0.273. The summed E-state index contributed by atoms with van der Waals surface area (Å²) in [4.78, 5) is 11.7. The standard InChI is InChI=1S/C11H9BrClNO2/c1-2-16-11(15)10-8(6-14)7(5-13)3-4-9(10)12/h3-4H,2,5H2,1H3. The van der Waals surface area contributed by atoms with Crippen molar-refractivity contribution in [2.45, 2.75) is 12.8 Å². The van der Waals surface area contributed by atoms with Crippen LogP contribution in [-0.4, -0.2) is 12.6 Å². The normalized spacial score (nSPS) is 9.62. The first-order chi connectivity index (χ1) is 7.65. The van der Waals surface area contributed by atoms with Crippen molar-refractivity contribution < 1.29 is 9.53 Å². The SMILES string of the molecule is CCOC(=O)c1c(Br)ccc(CCl)c1C#N. The van der Waals surface area contributed by atoms with Crippen LogP contribution in [0.15, 0.2) is 16.6 Å². The van der Waals surface area contributed by atoms with E-state index in [1.54, 1.807) is 19.1 Å². The number of rotatable bonds is 3. The van der Waals surface area contributed by atoms with E-state index in [2.05, 4.69) is 15.9 Å². The van der Waals surface area contributed by atoms with E-state index in [0.717, 1.165) is 0 Å². The molecule has 0 heterocycles. The van der Waals surface area contributed by atoms with Gasteiger partial charge in [-0.15, -0.1) is 11.6 Å². The molecule has 0 aliphatic rings.